The smallest absolute Gasteiger partial charge is 0.406 e. The molecule has 6 heteroatoms. The van der Waals surface area contributed by atoms with Gasteiger partial charge in [0, 0.05) is 0 Å². The first-order chi connectivity index (χ1) is 9.36. The second kappa shape index (κ2) is 5.33. The largest absolute Gasteiger partial charge is 0.573 e. The molecular formula is C14H14F3NO2. The number of aliphatic hydroxyl groups excluding tert-OH is 1. The van der Waals surface area contributed by atoms with Crippen LogP contribution >= 0.6 is 0 Å². The van der Waals surface area contributed by atoms with E-state index in [0.29, 0.717) is 18.4 Å². The second-order valence-electron chi connectivity index (χ2n) is 4.99. The molecule has 1 unspecified atom stereocenters. The van der Waals surface area contributed by atoms with Gasteiger partial charge in [-0.3, -0.25) is 0 Å². The van der Waals surface area contributed by atoms with Crippen LogP contribution in [0, 0.1) is 16.7 Å². The summed E-state index contributed by atoms with van der Waals surface area (Å²) in [6.45, 7) is 0. The Balaban J connectivity index is 2.16. The Hall–Kier alpha value is -1.74. The Morgan fingerprint density at radius 1 is 1.20 bits per heavy atom. The van der Waals surface area contributed by atoms with Crippen molar-refractivity contribution in [2.45, 2.75) is 38.1 Å². The number of nitriles is 1. The zero-order valence-corrected chi connectivity index (χ0v) is 10.7. The van der Waals surface area contributed by atoms with Crippen LogP contribution in [-0.4, -0.2) is 11.5 Å². The monoisotopic (exact) mass is 285 g/mol. The number of ether oxygens (including phenoxy) is 1. The summed E-state index contributed by atoms with van der Waals surface area (Å²) in [5, 5.41) is 19.6. The fourth-order valence-electron chi connectivity index (χ4n) is 2.62. The van der Waals surface area contributed by atoms with Crippen LogP contribution in [-0.2, 0) is 0 Å². The molecule has 1 aromatic carbocycles. The molecule has 3 nitrogen and oxygen atoms in total. The van der Waals surface area contributed by atoms with Crippen LogP contribution in [0.15, 0.2) is 24.3 Å². The number of benzene rings is 1. The minimum atomic E-state index is -4.74. The lowest BCUT2D eigenvalue weighted by molar-refractivity contribution is -0.274. The van der Waals surface area contributed by atoms with E-state index < -0.39 is 17.9 Å². The zero-order valence-electron chi connectivity index (χ0n) is 10.7. The molecular weight excluding hydrogens is 271 g/mol. The summed E-state index contributed by atoms with van der Waals surface area (Å²) < 4.78 is 39.9. The lowest BCUT2D eigenvalue weighted by Crippen LogP contribution is -2.24. The number of aliphatic hydroxyl groups is 1. The number of hydrogen-bond donors (Lipinski definition) is 1. The molecule has 1 fully saturated rings. The van der Waals surface area contributed by atoms with Crippen LogP contribution < -0.4 is 4.74 Å². The maximum atomic E-state index is 12.0. The molecule has 1 saturated carbocycles. The van der Waals surface area contributed by atoms with Gasteiger partial charge in [0.2, 0.25) is 0 Å². The van der Waals surface area contributed by atoms with Gasteiger partial charge in [-0.15, -0.1) is 13.2 Å². The summed E-state index contributed by atoms with van der Waals surface area (Å²) in [7, 11) is 0. The highest BCUT2D eigenvalue weighted by Crippen LogP contribution is 2.47. The average molecular weight is 285 g/mol. The highest BCUT2D eigenvalue weighted by Gasteiger charge is 2.41. The minimum absolute atomic E-state index is 0.342. The SMILES string of the molecule is N#CC1(C(O)c2ccc(OC(F)(F)F)cc2)CCCC1. The quantitative estimate of drug-likeness (QED) is 0.921. The summed E-state index contributed by atoms with van der Waals surface area (Å²) in [5.41, 5.74) is -0.394. The zero-order chi connectivity index (χ0) is 14.8. The molecule has 0 bridgehead atoms. The molecule has 108 valence electrons. The molecule has 0 heterocycles. The first-order valence-corrected chi connectivity index (χ1v) is 6.31. The van der Waals surface area contributed by atoms with Gasteiger partial charge >= 0.3 is 6.36 Å². The Morgan fingerprint density at radius 3 is 2.20 bits per heavy atom. The van der Waals surface area contributed by atoms with E-state index in [2.05, 4.69) is 10.8 Å². The Kier molecular flexibility index (Phi) is 3.91. The van der Waals surface area contributed by atoms with E-state index >= 15 is 0 Å². The van der Waals surface area contributed by atoms with Crippen molar-refractivity contribution in [3.63, 3.8) is 0 Å². The van der Waals surface area contributed by atoms with E-state index in [1.165, 1.54) is 12.1 Å². The standard InChI is InChI=1S/C14H14F3NO2/c15-14(16,17)20-11-5-3-10(4-6-11)12(19)13(9-18)7-1-2-8-13/h3-6,12,19H,1-2,7-8H2. The van der Waals surface area contributed by atoms with E-state index in [9.17, 15) is 23.5 Å². The van der Waals surface area contributed by atoms with Crippen LogP contribution in [0.5, 0.6) is 5.75 Å². The van der Waals surface area contributed by atoms with Gasteiger partial charge < -0.3 is 9.84 Å². The third-order valence-corrected chi connectivity index (χ3v) is 3.67. The molecule has 0 aliphatic heterocycles. The van der Waals surface area contributed by atoms with Gasteiger partial charge in [-0.25, -0.2) is 0 Å². The summed E-state index contributed by atoms with van der Waals surface area (Å²) in [5.74, 6) is -0.342. The van der Waals surface area contributed by atoms with Gasteiger partial charge in [0.1, 0.15) is 5.75 Å². The van der Waals surface area contributed by atoms with Gasteiger partial charge in [0.15, 0.2) is 0 Å². The van der Waals surface area contributed by atoms with Crippen molar-refractivity contribution in [3.05, 3.63) is 29.8 Å². The average Bonchev–Trinajstić information content (AvgIpc) is 2.87. The normalized spacial score (nSPS) is 19.4. The lowest BCUT2D eigenvalue weighted by Gasteiger charge is -2.27. The summed E-state index contributed by atoms with van der Waals surface area (Å²) in [4.78, 5) is 0. The first-order valence-electron chi connectivity index (χ1n) is 6.31. The Labute approximate surface area is 114 Å². The third kappa shape index (κ3) is 3.05. The van der Waals surface area contributed by atoms with E-state index in [0.717, 1.165) is 25.0 Å². The van der Waals surface area contributed by atoms with Crippen molar-refractivity contribution >= 4 is 0 Å². The van der Waals surface area contributed by atoms with Crippen molar-refractivity contribution in [2.75, 3.05) is 0 Å². The molecule has 0 spiro atoms. The van der Waals surface area contributed by atoms with Crippen molar-refractivity contribution in [1.29, 1.82) is 5.26 Å². The van der Waals surface area contributed by atoms with Crippen LogP contribution in [0.4, 0.5) is 13.2 Å². The maximum absolute atomic E-state index is 12.0. The minimum Gasteiger partial charge on any atom is -0.406 e. The van der Waals surface area contributed by atoms with Crippen LogP contribution in [0.3, 0.4) is 0 Å². The molecule has 1 aliphatic rings. The van der Waals surface area contributed by atoms with Crippen molar-refractivity contribution in [3.8, 4) is 11.8 Å². The predicted molar refractivity (Wildman–Crippen MR) is 64.6 cm³/mol. The van der Waals surface area contributed by atoms with E-state index in [1.807, 2.05) is 0 Å². The van der Waals surface area contributed by atoms with Crippen molar-refractivity contribution in [1.82, 2.24) is 0 Å². The summed E-state index contributed by atoms with van der Waals surface area (Å²) >= 11 is 0. The highest BCUT2D eigenvalue weighted by molar-refractivity contribution is 5.31. The van der Waals surface area contributed by atoms with Crippen LogP contribution in [0.1, 0.15) is 37.4 Å². The van der Waals surface area contributed by atoms with Gasteiger partial charge in [-0.05, 0) is 30.5 Å². The number of rotatable bonds is 3. The molecule has 0 aromatic heterocycles. The summed E-state index contributed by atoms with van der Waals surface area (Å²) in [6.07, 6.45) is -2.77. The van der Waals surface area contributed by atoms with E-state index in [4.69, 9.17) is 0 Å². The molecule has 20 heavy (non-hydrogen) atoms. The van der Waals surface area contributed by atoms with Crippen LogP contribution in [0.2, 0.25) is 0 Å². The molecule has 0 radical (unpaired) electrons. The molecule has 1 N–H and O–H groups in total. The molecule has 0 amide bonds. The predicted octanol–water partition coefficient (Wildman–Crippen LogP) is 3.70. The number of alkyl halides is 3. The molecule has 1 atom stereocenters. The van der Waals surface area contributed by atoms with Crippen molar-refractivity contribution < 1.29 is 23.0 Å². The van der Waals surface area contributed by atoms with Crippen LogP contribution in [0.25, 0.3) is 0 Å². The summed E-state index contributed by atoms with van der Waals surface area (Å²) in [6, 6.07) is 7.19. The fourth-order valence-corrected chi connectivity index (χ4v) is 2.62. The molecule has 2 rings (SSSR count). The highest BCUT2D eigenvalue weighted by atomic mass is 19.4. The van der Waals surface area contributed by atoms with Gasteiger partial charge in [-0.1, -0.05) is 25.0 Å². The van der Waals surface area contributed by atoms with E-state index in [1.54, 1.807) is 0 Å². The lowest BCUT2D eigenvalue weighted by atomic mass is 9.79. The van der Waals surface area contributed by atoms with Gasteiger partial charge in [-0.2, -0.15) is 5.26 Å². The Bertz CT molecular complexity index is 499. The number of hydrogen-bond acceptors (Lipinski definition) is 3. The van der Waals surface area contributed by atoms with Crippen molar-refractivity contribution in [2.24, 2.45) is 5.41 Å². The fraction of sp³-hybridized carbons (Fsp3) is 0.500. The Morgan fingerprint density at radius 2 is 1.75 bits per heavy atom. The third-order valence-electron chi connectivity index (χ3n) is 3.67. The molecule has 1 aliphatic carbocycles. The first kappa shape index (κ1) is 14.7. The second-order valence-corrected chi connectivity index (χ2v) is 4.99. The van der Waals surface area contributed by atoms with E-state index in [-0.39, 0.29) is 5.75 Å². The molecule has 1 aromatic rings. The molecule has 0 saturated heterocycles. The number of nitrogens with zero attached hydrogens (tertiary/aromatic N) is 1. The van der Waals surface area contributed by atoms with Gasteiger partial charge in [0.25, 0.3) is 0 Å². The maximum Gasteiger partial charge on any atom is 0.573 e. The number of halogens is 3. The van der Waals surface area contributed by atoms with Gasteiger partial charge in [0.05, 0.1) is 17.6 Å². The topological polar surface area (TPSA) is 53.2 Å².